The van der Waals surface area contributed by atoms with Gasteiger partial charge in [0.2, 0.25) is 11.8 Å². The molecule has 0 saturated carbocycles. The van der Waals surface area contributed by atoms with E-state index in [1.807, 2.05) is 13.0 Å². The molecule has 2 aliphatic heterocycles. The number of hydrogen-bond acceptors (Lipinski definition) is 6. The van der Waals surface area contributed by atoms with Crippen molar-refractivity contribution in [2.75, 3.05) is 39.3 Å². The van der Waals surface area contributed by atoms with E-state index < -0.39 is 0 Å². The molecule has 0 spiro atoms. The van der Waals surface area contributed by atoms with Crippen molar-refractivity contribution in [2.45, 2.75) is 38.8 Å². The highest BCUT2D eigenvalue weighted by Crippen LogP contribution is 2.10. The van der Waals surface area contributed by atoms with Crippen LogP contribution in [0.15, 0.2) is 10.6 Å². The molecule has 25 heavy (non-hydrogen) atoms. The third kappa shape index (κ3) is 5.27. The molecule has 2 aliphatic rings. The Balaban J connectivity index is 1.39. The minimum Gasteiger partial charge on any atom is -0.360 e. The van der Waals surface area contributed by atoms with Gasteiger partial charge in [0.25, 0.3) is 0 Å². The first kappa shape index (κ1) is 17.9. The number of carbonyl (C=O) groups excluding carboxylic acids is 2. The van der Waals surface area contributed by atoms with Crippen molar-refractivity contribution in [1.82, 2.24) is 25.6 Å². The average Bonchev–Trinajstić information content (AvgIpc) is 2.89. The fourth-order valence-corrected chi connectivity index (χ4v) is 3.34. The minimum absolute atomic E-state index is 0.0574. The van der Waals surface area contributed by atoms with Crippen molar-refractivity contribution in [3.8, 4) is 0 Å². The van der Waals surface area contributed by atoms with Crippen LogP contribution in [0, 0.1) is 6.92 Å². The summed E-state index contributed by atoms with van der Waals surface area (Å²) in [6.45, 7) is 7.15. The maximum Gasteiger partial charge on any atom is 0.242 e. The summed E-state index contributed by atoms with van der Waals surface area (Å²) < 4.78 is 5.26. The summed E-state index contributed by atoms with van der Waals surface area (Å²) in [4.78, 5) is 28.6. The summed E-state index contributed by atoms with van der Waals surface area (Å²) in [5, 5.41) is 9.63. The van der Waals surface area contributed by atoms with Gasteiger partial charge in [0.1, 0.15) is 6.04 Å². The number of aryl methyl sites for hydroxylation is 1. The molecule has 8 nitrogen and oxygen atoms in total. The maximum absolute atomic E-state index is 12.2. The van der Waals surface area contributed by atoms with Gasteiger partial charge in [-0.3, -0.25) is 19.4 Å². The van der Waals surface area contributed by atoms with E-state index >= 15 is 0 Å². The topological polar surface area (TPSA) is 90.7 Å². The maximum atomic E-state index is 12.2. The number of aromatic nitrogens is 1. The molecule has 1 aromatic heterocycles. The third-order valence-electron chi connectivity index (χ3n) is 4.76. The quantitative estimate of drug-likeness (QED) is 0.771. The van der Waals surface area contributed by atoms with E-state index in [1.165, 1.54) is 0 Å². The highest BCUT2D eigenvalue weighted by molar-refractivity contribution is 5.88. The van der Waals surface area contributed by atoms with Crippen LogP contribution >= 0.6 is 0 Å². The SMILES string of the molecule is Cc1cc(CN2CCN(CC(=O)N[C@H]3CCCCNC3=O)CC2)on1. The van der Waals surface area contributed by atoms with E-state index in [1.54, 1.807) is 0 Å². The molecule has 0 aliphatic carbocycles. The lowest BCUT2D eigenvalue weighted by atomic mass is 10.1. The van der Waals surface area contributed by atoms with Gasteiger partial charge < -0.3 is 15.2 Å². The molecule has 0 bridgehead atoms. The average molecular weight is 349 g/mol. The van der Waals surface area contributed by atoms with Crippen LogP contribution in [0.2, 0.25) is 0 Å². The van der Waals surface area contributed by atoms with Gasteiger partial charge in [-0.05, 0) is 26.2 Å². The molecule has 0 radical (unpaired) electrons. The van der Waals surface area contributed by atoms with Gasteiger partial charge in [0, 0.05) is 38.8 Å². The number of piperazine rings is 1. The van der Waals surface area contributed by atoms with Crippen LogP contribution in [-0.4, -0.2) is 72.1 Å². The van der Waals surface area contributed by atoms with E-state index in [4.69, 9.17) is 4.52 Å². The number of rotatable bonds is 5. The Morgan fingerprint density at radius 3 is 2.80 bits per heavy atom. The Morgan fingerprint density at radius 1 is 1.32 bits per heavy atom. The van der Waals surface area contributed by atoms with Crippen LogP contribution in [0.1, 0.15) is 30.7 Å². The molecule has 3 heterocycles. The zero-order chi connectivity index (χ0) is 17.6. The van der Waals surface area contributed by atoms with Crippen molar-refractivity contribution < 1.29 is 14.1 Å². The summed E-state index contributed by atoms with van der Waals surface area (Å²) in [5.41, 5.74) is 0.896. The van der Waals surface area contributed by atoms with E-state index in [-0.39, 0.29) is 17.9 Å². The summed E-state index contributed by atoms with van der Waals surface area (Å²) in [5.74, 6) is 0.752. The Bertz CT molecular complexity index is 595. The molecule has 1 aromatic rings. The molecule has 0 unspecified atom stereocenters. The normalized spacial score (nSPS) is 23.1. The van der Waals surface area contributed by atoms with E-state index in [0.29, 0.717) is 13.1 Å². The molecule has 2 amide bonds. The Morgan fingerprint density at radius 2 is 2.08 bits per heavy atom. The highest BCUT2D eigenvalue weighted by atomic mass is 16.5. The Labute approximate surface area is 147 Å². The van der Waals surface area contributed by atoms with Gasteiger partial charge in [-0.1, -0.05) is 5.16 Å². The lowest BCUT2D eigenvalue weighted by Crippen LogP contribution is -2.52. The number of carbonyl (C=O) groups is 2. The first-order chi connectivity index (χ1) is 12.1. The summed E-state index contributed by atoms with van der Waals surface area (Å²) in [6, 6.07) is 1.57. The molecule has 3 rings (SSSR count). The second kappa shape index (κ2) is 8.44. The molecular weight excluding hydrogens is 322 g/mol. The van der Waals surface area contributed by atoms with Gasteiger partial charge in [-0.15, -0.1) is 0 Å². The predicted molar refractivity (Wildman–Crippen MR) is 91.7 cm³/mol. The standard InChI is InChI=1S/C17H27N5O3/c1-13-10-14(25-20-13)11-21-6-8-22(9-7-21)12-16(23)19-15-4-2-3-5-18-17(15)24/h10,15H,2-9,11-12H2,1H3,(H,18,24)(H,19,23)/t15-/m0/s1. The van der Waals surface area contributed by atoms with E-state index in [2.05, 4.69) is 25.6 Å². The Hall–Kier alpha value is -1.93. The van der Waals surface area contributed by atoms with Crippen LogP contribution in [0.5, 0.6) is 0 Å². The summed E-state index contributed by atoms with van der Waals surface area (Å²) in [6.07, 6.45) is 2.66. The molecule has 2 saturated heterocycles. The van der Waals surface area contributed by atoms with Crippen LogP contribution in [0.4, 0.5) is 0 Å². The van der Waals surface area contributed by atoms with Crippen LogP contribution in [-0.2, 0) is 16.1 Å². The lowest BCUT2D eigenvalue weighted by Gasteiger charge is -2.33. The molecule has 1 atom stereocenters. The predicted octanol–water partition coefficient (Wildman–Crippen LogP) is -0.114. The number of nitrogens with zero attached hydrogens (tertiary/aromatic N) is 3. The summed E-state index contributed by atoms with van der Waals surface area (Å²) >= 11 is 0. The van der Waals surface area contributed by atoms with Gasteiger partial charge in [0.05, 0.1) is 18.8 Å². The van der Waals surface area contributed by atoms with Crippen LogP contribution in [0.3, 0.4) is 0 Å². The molecular formula is C17H27N5O3. The van der Waals surface area contributed by atoms with Crippen LogP contribution in [0.25, 0.3) is 0 Å². The second-order valence-corrected chi connectivity index (χ2v) is 6.89. The van der Waals surface area contributed by atoms with Gasteiger partial charge in [0.15, 0.2) is 5.76 Å². The molecule has 8 heteroatoms. The number of hydrogen-bond donors (Lipinski definition) is 2. The van der Waals surface area contributed by atoms with E-state index in [9.17, 15) is 9.59 Å². The van der Waals surface area contributed by atoms with E-state index in [0.717, 1.165) is 63.4 Å². The van der Waals surface area contributed by atoms with Crippen molar-refractivity contribution in [3.63, 3.8) is 0 Å². The summed E-state index contributed by atoms with van der Waals surface area (Å²) in [7, 11) is 0. The van der Waals surface area contributed by atoms with Gasteiger partial charge in [-0.2, -0.15) is 0 Å². The monoisotopic (exact) mass is 349 g/mol. The van der Waals surface area contributed by atoms with Crippen LogP contribution < -0.4 is 10.6 Å². The zero-order valence-electron chi connectivity index (χ0n) is 14.8. The molecule has 2 fully saturated rings. The third-order valence-corrected chi connectivity index (χ3v) is 4.76. The van der Waals surface area contributed by atoms with Crippen molar-refractivity contribution in [3.05, 3.63) is 17.5 Å². The second-order valence-electron chi connectivity index (χ2n) is 6.89. The molecule has 0 aromatic carbocycles. The number of nitrogens with one attached hydrogen (secondary N) is 2. The molecule has 2 N–H and O–H groups in total. The highest BCUT2D eigenvalue weighted by Gasteiger charge is 2.24. The van der Waals surface area contributed by atoms with Gasteiger partial charge in [-0.25, -0.2) is 0 Å². The zero-order valence-corrected chi connectivity index (χ0v) is 14.8. The van der Waals surface area contributed by atoms with Gasteiger partial charge >= 0.3 is 0 Å². The lowest BCUT2D eigenvalue weighted by molar-refractivity contribution is -0.129. The molecule has 138 valence electrons. The smallest absolute Gasteiger partial charge is 0.242 e. The van der Waals surface area contributed by atoms with Crippen molar-refractivity contribution in [2.24, 2.45) is 0 Å². The Kier molecular flexibility index (Phi) is 6.04. The van der Waals surface area contributed by atoms with Crippen molar-refractivity contribution >= 4 is 11.8 Å². The fraction of sp³-hybridized carbons (Fsp3) is 0.706. The largest absolute Gasteiger partial charge is 0.360 e. The minimum atomic E-state index is -0.383. The first-order valence-corrected chi connectivity index (χ1v) is 9.04. The fourth-order valence-electron chi connectivity index (χ4n) is 3.34. The van der Waals surface area contributed by atoms with Crippen molar-refractivity contribution in [1.29, 1.82) is 0 Å². The first-order valence-electron chi connectivity index (χ1n) is 9.04. The number of amides is 2.